The third kappa shape index (κ3) is 4.13. The first-order valence-electron chi connectivity index (χ1n) is 2.77. The van der Waals surface area contributed by atoms with Gasteiger partial charge < -0.3 is 0 Å². The molecule has 0 saturated heterocycles. The second-order valence-electron chi connectivity index (χ2n) is 1.51. The largest absolute Gasteiger partial charge is 0.198 e. The maximum atomic E-state index is 12.2. The molecule has 0 aromatic rings. The molecule has 0 aromatic heterocycles. The molecule has 54 valence electrons. The van der Waals surface area contributed by atoms with Crippen molar-refractivity contribution in [3.8, 4) is 0 Å². The Bertz CT molecular complexity index is 207. The first-order valence-corrected chi connectivity index (χ1v) is 3.15. The Kier molecular flexibility index (Phi) is 4.65. The van der Waals surface area contributed by atoms with Crippen LogP contribution in [0.5, 0.6) is 0 Å². The maximum Gasteiger partial charge on any atom is 0.164 e. The Morgan fingerprint density at radius 3 is 2.70 bits per heavy atom. The van der Waals surface area contributed by atoms with Crippen molar-refractivity contribution < 1.29 is 4.39 Å². The topological polar surface area (TPSA) is 0 Å². The Balaban J connectivity index is 4.36. The molecule has 0 saturated carbocycles. The van der Waals surface area contributed by atoms with Crippen molar-refractivity contribution in [2.45, 2.75) is 6.92 Å². The van der Waals surface area contributed by atoms with Gasteiger partial charge >= 0.3 is 0 Å². The normalized spacial score (nSPS) is 10.1. The van der Waals surface area contributed by atoms with Gasteiger partial charge in [0.1, 0.15) is 0 Å². The van der Waals surface area contributed by atoms with Gasteiger partial charge in [-0.05, 0) is 13.0 Å². The van der Waals surface area contributed by atoms with E-state index in [2.05, 4.69) is 12.3 Å². The average molecular weight is 159 g/mol. The van der Waals surface area contributed by atoms with Gasteiger partial charge in [-0.1, -0.05) is 30.0 Å². The van der Waals surface area contributed by atoms with Crippen LogP contribution in [0.3, 0.4) is 0 Å². The zero-order valence-corrected chi connectivity index (χ0v) is 6.45. The van der Waals surface area contributed by atoms with Gasteiger partial charge in [0.05, 0.1) is 0 Å². The summed E-state index contributed by atoms with van der Waals surface area (Å²) in [6, 6.07) is 0. The van der Waals surface area contributed by atoms with Gasteiger partial charge in [0, 0.05) is 11.1 Å². The predicted molar refractivity (Wildman–Crippen MR) is 42.5 cm³/mol. The van der Waals surface area contributed by atoms with Crippen LogP contribution < -0.4 is 0 Å². The lowest BCUT2D eigenvalue weighted by Crippen LogP contribution is -1.59. The Hall–Kier alpha value is -0.780. The zero-order valence-electron chi connectivity index (χ0n) is 5.70. The minimum Gasteiger partial charge on any atom is -0.198 e. The van der Waals surface area contributed by atoms with Crippen molar-refractivity contribution in [2.75, 3.05) is 0 Å². The molecule has 0 unspecified atom stereocenters. The van der Waals surface area contributed by atoms with Crippen LogP contribution >= 0.6 is 11.6 Å². The van der Waals surface area contributed by atoms with E-state index in [1.165, 1.54) is 6.08 Å². The molecule has 10 heavy (non-hydrogen) atoms. The third-order valence-electron chi connectivity index (χ3n) is 0.803. The van der Waals surface area contributed by atoms with Crippen molar-refractivity contribution in [3.05, 3.63) is 41.4 Å². The third-order valence-corrected chi connectivity index (χ3v) is 1.13. The molecule has 0 spiro atoms. The molecular weight excluding hydrogens is 151 g/mol. The SMILES string of the molecule is C=CC(F)=C=CC(Cl)=CC. The number of rotatable bonds is 2. The van der Waals surface area contributed by atoms with Crippen molar-refractivity contribution in [1.29, 1.82) is 0 Å². The highest BCUT2D eigenvalue weighted by Gasteiger charge is 1.80. The quantitative estimate of drug-likeness (QED) is 0.427. The van der Waals surface area contributed by atoms with Crippen LogP contribution in [0.2, 0.25) is 0 Å². The van der Waals surface area contributed by atoms with Crippen molar-refractivity contribution in [3.63, 3.8) is 0 Å². The van der Waals surface area contributed by atoms with Crippen LogP contribution in [0.15, 0.2) is 41.4 Å². The lowest BCUT2D eigenvalue weighted by atomic mass is 10.4. The van der Waals surface area contributed by atoms with Crippen LogP contribution in [0.25, 0.3) is 0 Å². The molecule has 0 aliphatic carbocycles. The lowest BCUT2D eigenvalue weighted by Gasteiger charge is -1.78. The second kappa shape index (κ2) is 5.04. The summed E-state index contributed by atoms with van der Waals surface area (Å²) in [5.74, 6) is -0.514. The Labute approximate surface area is 65.0 Å². The standard InChI is InChI=1S/C8H8ClF/c1-3-7(9)5-6-8(10)4-2/h3-5H,2H2,1H3. The molecule has 0 heterocycles. The van der Waals surface area contributed by atoms with Crippen LogP contribution in [0.4, 0.5) is 4.39 Å². The average Bonchev–Trinajstić information content (AvgIpc) is 1.99. The highest BCUT2D eigenvalue weighted by Crippen LogP contribution is 2.02. The van der Waals surface area contributed by atoms with E-state index in [1.54, 1.807) is 13.0 Å². The summed E-state index contributed by atoms with van der Waals surface area (Å²) < 4.78 is 12.2. The smallest absolute Gasteiger partial charge is 0.164 e. The van der Waals surface area contributed by atoms with E-state index < -0.39 is 5.83 Å². The molecular formula is C8H8ClF. The van der Waals surface area contributed by atoms with Gasteiger partial charge in [0.2, 0.25) is 0 Å². The monoisotopic (exact) mass is 158 g/mol. The van der Waals surface area contributed by atoms with E-state index in [4.69, 9.17) is 11.6 Å². The van der Waals surface area contributed by atoms with Gasteiger partial charge in [-0.2, -0.15) is 4.39 Å². The fraction of sp³-hybridized carbons (Fsp3) is 0.125. The summed E-state index contributed by atoms with van der Waals surface area (Å²) in [7, 11) is 0. The van der Waals surface area contributed by atoms with Gasteiger partial charge in [0.15, 0.2) is 5.83 Å². The first kappa shape index (κ1) is 9.22. The maximum absolute atomic E-state index is 12.2. The summed E-state index contributed by atoms with van der Waals surface area (Å²) in [5, 5.41) is 0.456. The predicted octanol–water partition coefficient (Wildman–Crippen LogP) is 3.32. The molecule has 0 aliphatic rings. The highest BCUT2D eigenvalue weighted by atomic mass is 35.5. The van der Waals surface area contributed by atoms with Crippen LogP contribution in [0, 0.1) is 0 Å². The molecule has 0 atom stereocenters. The molecule has 0 rings (SSSR count). The van der Waals surface area contributed by atoms with Crippen LogP contribution in [-0.4, -0.2) is 0 Å². The van der Waals surface area contributed by atoms with E-state index >= 15 is 0 Å². The summed E-state index contributed by atoms with van der Waals surface area (Å²) in [6.45, 7) is 4.96. The number of hydrogen-bond acceptors (Lipinski definition) is 0. The number of halogens is 2. The first-order chi connectivity index (χ1) is 4.70. The van der Waals surface area contributed by atoms with Gasteiger partial charge in [-0.15, -0.1) is 0 Å². The molecule has 0 amide bonds. The molecule has 0 aliphatic heterocycles. The Morgan fingerprint density at radius 2 is 2.30 bits per heavy atom. The summed E-state index contributed by atoms with van der Waals surface area (Å²) in [6.07, 6.45) is 4.06. The van der Waals surface area contributed by atoms with Gasteiger partial charge in [-0.3, -0.25) is 0 Å². The molecule has 0 fully saturated rings. The highest BCUT2D eigenvalue weighted by molar-refractivity contribution is 6.31. The van der Waals surface area contributed by atoms with E-state index in [0.717, 1.165) is 6.08 Å². The minimum atomic E-state index is -0.514. The second-order valence-corrected chi connectivity index (χ2v) is 1.95. The summed E-state index contributed by atoms with van der Waals surface area (Å²) in [4.78, 5) is 0. The zero-order chi connectivity index (χ0) is 7.98. The van der Waals surface area contributed by atoms with Crippen molar-refractivity contribution in [1.82, 2.24) is 0 Å². The fourth-order valence-corrected chi connectivity index (χ4v) is 0.335. The van der Waals surface area contributed by atoms with Gasteiger partial charge in [-0.25, -0.2) is 0 Å². The molecule has 0 aromatic carbocycles. The van der Waals surface area contributed by atoms with E-state index in [1.807, 2.05) is 0 Å². The minimum absolute atomic E-state index is 0.456. The summed E-state index contributed by atoms with van der Waals surface area (Å²) >= 11 is 5.50. The molecule has 0 radical (unpaired) electrons. The fourth-order valence-electron chi connectivity index (χ4n) is 0.280. The number of hydrogen-bond donors (Lipinski definition) is 0. The van der Waals surface area contributed by atoms with Gasteiger partial charge in [0.25, 0.3) is 0 Å². The van der Waals surface area contributed by atoms with Crippen LogP contribution in [-0.2, 0) is 0 Å². The summed E-state index contributed by atoms with van der Waals surface area (Å²) in [5.41, 5.74) is 2.29. The van der Waals surface area contributed by atoms with E-state index in [9.17, 15) is 4.39 Å². The van der Waals surface area contributed by atoms with E-state index in [-0.39, 0.29) is 0 Å². The van der Waals surface area contributed by atoms with Crippen molar-refractivity contribution in [2.24, 2.45) is 0 Å². The molecule has 0 bridgehead atoms. The lowest BCUT2D eigenvalue weighted by molar-refractivity contribution is 0.670. The molecule has 0 N–H and O–H groups in total. The number of allylic oxidation sites excluding steroid dienone is 4. The Morgan fingerprint density at radius 1 is 1.70 bits per heavy atom. The van der Waals surface area contributed by atoms with Crippen LogP contribution in [0.1, 0.15) is 6.92 Å². The molecule has 2 heteroatoms. The molecule has 0 nitrogen and oxygen atoms in total. The van der Waals surface area contributed by atoms with E-state index in [0.29, 0.717) is 5.03 Å². The van der Waals surface area contributed by atoms with Crippen molar-refractivity contribution >= 4 is 11.6 Å².